The molecule has 74 valence electrons. The van der Waals surface area contributed by atoms with Crippen LogP contribution in [0.1, 0.15) is 27.2 Å². The number of hydrogen-bond donors (Lipinski definition) is 1. The molecule has 1 aliphatic heterocycles. The van der Waals surface area contributed by atoms with Crippen LogP contribution in [0.4, 0.5) is 0 Å². The molecule has 1 N–H and O–H groups in total. The van der Waals surface area contributed by atoms with Gasteiger partial charge in [0.05, 0.1) is 6.54 Å². The molecule has 1 rings (SSSR count). The Balaban J connectivity index is 2.45. The van der Waals surface area contributed by atoms with Gasteiger partial charge in [-0.1, -0.05) is 0 Å². The molecule has 1 aliphatic rings. The van der Waals surface area contributed by atoms with Gasteiger partial charge in [-0.2, -0.15) is 0 Å². The Labute approximate surface area is 77.6 Å². The zero-order valence-electron chi connectivity index (χ0n) is 8.22. The van der Waals surface area contributed by atoms with Gasteiger partial charge in [-0.05, 0) is 20.8 Å². The summed E-state index contributed by atoms with van der Waals surface area (Å²) in [5, 5.41) is 2.80. The molecule has 1 fully saturated rings. The summed E-state index contributed by atoms with van der Waals surface area (Å²) in [6.45, 7) is 5.70. The number of rotatable bonds is 1. The SMILES string of the molecule is CC(C)(C)OC(=O)[C@@H]1CC(=O)CN1. The molecule has 1 heterocycles. The van der Waals surface area contributed by atoms with Crippen LogP contribution in [0, 0.1) is 0 Å². The van der Waals surface area contributed by atoms with Crippen LogP contribution in [0.3, 0.4) is 0 Å². The zero-order valence-corrected chi connectivity index (χ0v) is 8.22. The van der Waals surface area contributed by atoms with E-state index in [4.69, 9.17) is 4.74 Å². The van der Waals surface area contributed by atoms with E-state index < -0.39 is 11.6 Å². The predicted molar refractivity (Wildman–Crippen MR) is 47.3 cm³/mol. The first-order chi connectivity index (χ1) is 5.88. The molecule has 0 spiro atoms. The number of esters is 1. The number of carbonyl (C=O) groups excluding carboxylic acids is 2. The average molecular weight is 185 g/mol. The third-order valence-electron chi connectivity index (χ3n) is 1.67. The van der Waals surface area contributed by atoms with Crippen molar-refractivity contribution in [2.75, 3.05) is 6.54 Å². The van der Waals surface area contributed by atoms with E-state index in [0.29, 0.717) is 0 Å². The van der Waals surface area contributed by atoms with E-state index in [1.807, 2.05) is 20.8 Å². The van der Waals surface area contributed by atoms with Gasteiger partial charge in [0.15, 0.2) is 0 Å². The molecular weight excluding hydrogens is 170 g/mol. The molecule has 0 unspecified atom stereocenters. The van der Waals surface area contributed by atoms with Gasteiger partial charge in [0, 0.05) is 6.42 Å². The van der Waals surface area contributed by atoms with Gasteiger partial charge >= 0.3 is 5.97 Å². The van der Waals surface area contributed by atoms with Crippen molar-refractivity contribution in [2.45, 2.75) is 38.8 Å². The van der Waals surface area contributed by atoms with Crippen molar-refractivity contribution in [3.05, 3.63) is 0 Å². The van der Waals surface area contributed by atoms with Crippen molar-refractivity contribution in [2.24, 2.45) is 0 Å². The van der Waals surface area contributed by atoms with Crippen molar-refractivity contribution in [1.29, 1.82) is 0 Å². The highest BCUT2D eigenvalue weighted by Crippen LogP contribution is 2.11. The Hall–Kier alpha value is -0.900. The summed E-state index contributed by atoms with van der Waals surface area (Å²) in [5.41, 5.74) is -0.482. The van der Waals surface area contributed by atoms with Gasteiger partial charge in [-0.15, -0.1) is 0 Å². The molecule has 4 heteroatoms. The van der Waals surface area contributed by atoms with Crippen molar-refractivity contribution < 1.29 is 14.3 Å². The Bertz CT molecular complexity index is 230. The lowest BCUT2D eigenvalue weighted by atomic mass is 10.1. The molecule has 1 atom stereocenters. The summed E-state index contributed by atoms with van der Waals surface area (Å²) in [5.74, 6) is -0.269. The second kappa shape index (κ2) is 3.46. The summed E-state index contributed by atoms with van der Waals surface area (Å²) < 4.78 is 5.12. The summed E-state index contributed by atoms with van der Waals surface area (Å²) >= 11 is 0. The quantitative estimate of drug-likeness (QED) is 0.595. The molecular formula is C9H15NO3. The fourth-order valence-corrected chi connectivity index (χ4v) is 1.15. The first kappa shape index (κ1) is 10.2. The maximum Gasteiger partial charge on any atom is 0.324 e. The molecule has 0 saturated carbocycles. The molecule has 13 heavy (non-hydrogen) atoms. The van der Waals surface area contributed by atoms with Gasteiger partial charge in [0.1, 0.15) is 17.4 Å². The van der Waals surface area contributed by atoms with E-state index >= 15 is 0 Å². The van der Waals surface area contributed by atoms with Gasteiger partial charge in [0.2, 0.25) is 0 Å². The van der Waals surface area contributed by atoms with Crippen molar-refractivity contribution >= 4 is 11.8 Å². The minimum absolute atomic E-state index is 0.0656. The summed E-state index contributed by atoms with van der Waals surface area (Å²) in [4.78, 5) is 22.2. The van der Waals surface area contributed by atoms with E-state index in [1.165, 1.54) is 0 Å². The van der Waals surface area contributed by atoms with Crippen LogP contribution in [0.2, 0.25) is 0 Å². The van der Waals surface area contributed by atoms with Crippen LogP contribution in [0.15, 0.2) is 0 Å². The van der Waals surface area contributed by atoms with E-state index in [1.54, 1.807) is 0 Å². The van der Waals surface area contributed by atoms with E-state index in [0.717, 1.165) is 0 Å². The largest absolute Gasteiger partial charge is 0.459 e. The molecule has 0 aromatic rings. The van der Waals surface area contributed by atoms with Crippen LogP contribution in [0.5, 0.6) is 0 Å². The minimum atomic E-state index is -0.482. The molecule has 1 saturated heterocycles. The third-order valence-corrected chi connectivity index (χ3v) is 1.67. The van der Waals surface area contributed by atoms with Crippen LogP contribution >= 0.6 is 0 Å². The first-order valence-electron chi connectivity index (χ1n) is 4.36. The first-order valence-corrected chi connectivity index (χ1v) is 4.36. The van der Waals surface area contributed by atoms with E-state index in [2.05, 4.69) is 5.32 Å². The Kier molecular flexibility index (Phi) is 2.71. The molecule has 0 radical (unpaired) electrons. The molecule has 0 aromatic heterocycles. The predicted octanol–water partition coefficient (Wildman–Crippen LogP) is 0.259. The summed E-state index contributed by atoms with van der Waals surface area (Å²) in [6.07, 6.45) is 0.259. The number of Topliss-reactive ketones (excluding diaryl/α,β-unsaturated/α-hetero) is 1. The van der Waals surface area contributed by atoms with Crippen molar-refractivity contribution in [3.8, 4) is 0 Å². The Morgan fingerprint density at radius 2 is 2.15 bits per heavy atom. The van der Waals surface area contributed by atoms with Crippen molar-refractivity contribution in [1.82, 2.24) is 5.32 Å². The molecule has 0 aromatic carbocycles. The molecule has 4 nitrogen and oxygen atoms in total. The fourth-order valence-electron chi connectivity index (χ4n) is 1.15. The standard InChI is InChI=1S/C9H15NO3/c1-9(2,3)13-8(12)7-4-6(11)5-10-7/h7,10H,4-5H2,1-3H3/t7-/m0/s1. The van der Waals surface area contributed by atoms with Crippen LogP contribution in [0.25, 0.3) is 0 Å². The molecule has 0 aliphatic carbocycles. The number of carbonyl (C=O) groups is 2. The molecule has 0 bridgehead atoms. The topological polar surface area (TPSA) is 55.4 Å². The van der Waals surface area contributed by atoms with Gasteiger partial charge in [0.25, 0.3) is 0 Å². The highest BCUT2D eigenvalue weighted by molar-refractivity contribution is 5.91. The van der Waals surface area contributed by atoms with Gasteiger partial charge in [-0.3, -0.25) is 14.9 Å². The highest BCUT2D eigenvalue weighted by Gasteiger charge is 2.31. The number of nitrogens with one attached hydrogen (secondary N) is 1. The monoisotopic (exact) mass is 185 g/mol. The van der Waals surface area contributed by atoms with Crippen molar-refractivity contribution in [3.63, 3.8) is 0 Å². The maximum absolute atomic E-state index is 11.4. The lowest BCUT2D eigenvalue weighted by Gasteiger charge is -2.21. The zero-order chi connectivity index (χ0) is 10.1. The van der Waals surface area contributed by atoms with Crippen LogP contribution < -0.4 is 5.32 Å². The molecule has 0 amide bonds. The Morgan fingerprint density at radius 1 is 1.54 bits per heavy atom. The maximum atomic E-state index is 11.4. The second-order valence-corrected chi connectivity index (χ2v) is 4.21. The normalized spacial score (nSPS) is 23.3. The fraction of sp³-hybridized carbons (Fsp3) is 0.778. The number of ketones is 1. The lowest BCUT2D eigenvalue weighted by molar-refractivity contribution is -0.157. The smallest absolute Gasteiger partial charge is 0.324 e. The summed E-state index contributed by atoms with van der Waals surface area (Å²) in [6, 6.07) is -0.438. The van der Waals surface area contributed by atoms with Crippen LogP contribution in [-0.4, -0.2) is 29.9 Å². The lowest BCUT2D eigenvalue weighted by Crippen LogP contribution is -2.37. The average Bonchev–Trinajstić information content (AvgIpc) is 2.31. The minimum Gasteiger partial charge on any atom is -0.459 e. The second-order valence-electron chi connectivity index (χ2n) is 4.21. The third kappa shape index (κ3) is 3.14. The highest BCUT2D eigenvalue weighted by atomic mass is 16.6. The number of hydrogen-bond acceptors (Lipinski definition) is 4. The Morgan fingerprint density at radius 3 is 2.54 bits per heavy atom. The summed E-state index contributed by atoms with van der Waals surface area (Å²) in [7, 11) is 0. The van der Waals surface area contributed by atoms with Crippen LogP contribution in [-0.2, 0) is 14.3 Å². The van der Waals surface area contributed by atoms with Gasteiger partial charge in [-0.25, -0.2) is 0 Å². The van der Waals surface area contributed by atoms with E-state index in [9.17, 15) is 9.59 Å². The van der Waals surface area contributed by atoms with Gasteiger partial charge < -0.3 is 4.74 Å². The van der Waals surface area contributed by atoms with E-state index in [-0.39, 0.29) is 24.7 Å². The number of ether oxygens (including phenoxy) is 1.